The fourth-order valence-electron chi connectivity index (χ4n) is 10.0. The molecule has 5 nitrogen and oxygen atoms in total. The number of aliphatic hydroxyl groups is 2. The van der Waals surface area contributed by atoms with Crippen molar-refractivity contribution < 1.29 is 14.6 Å². The molecule has 4 aliphatic rings. The zero-order valence-electron chi connectivity index (χ0n) is 22.5. The summed E-state index contributed by atoms with van der Waals surface area (Å²) in [6, 6.07) is 4.19. The van der Waals surface area contributed by atoms with E-state index in [2.05, 4.69) is 30.7 Å². The molecule has 3 N–H and O–H groups in total. The first-order valence-corrected chi connectivity index (χ1v) is 14.6. The molecule has 0 saturated heterocycles. The molecule has 1 aromatic heterocycles. The second kappa shape index (κ2) is 9.15. The number of halogens is 1. The van der Waals surface area contributed by atoms with E-state index in [0.717, 1.165) is 32.1 Å². The number of aromatic amines is 1. The molecule has 6 heteroatoms. The monoisotopic (exact) mass is 510 g/mol. The molecule has 4 saturated carbocycles. The van der Waals surface area contributed by atoms with Crippen LogP contribution in [0.4, 0.5) is 4.39 Å². The van der Waals surface area contributed by atoms with E-state index in [4.69, 9.17) is 0 Å². The Morgan fingerprint density at radius 3 is 2.65 bits per heavy atom. The standard InChI is InChI=1S/C31H43FN2O3/c1-17(4-9-27-33-25-8-5-19(32)16-21(25)29(37)34-27)22-6-7-23-28-24(11-13-31(22,23)3)30(2)12-10-20(35)14-18(30)15-26(28)36/h5,8,16-18,20,22-24,26,28,35-36H,4,6-7,9-15H2,1-3H3,(H,33,34,37)/t17-,18+,20-,22-,23+,24?,26-,28+,30+,31-/m1/s1. The molecule has 202 valence electrons. The van der Waals surface area contributed by atoms with Crippen LogP contribution in [-0.2, 0) is 6.42 Å². The maximum absolute atomic E-state index is 13.6. The molecule has 4 fully saturated rings. The zero-order chi connectivity index (χ0) is 26.1. The smallest absolute Gasteiger partial charge is 0.258 e. The summed E-state index contributed by atoms with van der Waals surface area (Å²) in [5, 5.41) is 22.1. The van der Waals surface area contributed by atoms with Gasteiger partial charge in [-0.1, -0.05) is 20.8 Å². The van der Waals surface area contributed by atoms with Crippen LogP contribution in [0.25, 0.3) is 10.9 Å². The van der Waals surface area contributed by atoms with E-state index < -0.39 is 5.82 Å². The number of hydrogen-bond acceptors (Lipinski definition) is 4. The van der Waals surface area contributed by atoms with Crippen molar-refractivity contribution in [3.05, 3.63) is 40.2 Å². The topological polar surface area (TPSA) is 86.2 Å². The van der Waals surface area contributed by atoms with Crippen LogP contribution in [0.5, 0.6) is 0 Å². The van der Waals surface area contributed by atoms with Gasteiger partial charge >= 0.3 is 0 Å². The highest BCUT2D eigenvalue weighted by molar-refractivity contribution is 5.77. The Balaban J connectivity index is 1.18. The fourth-order valence-corrected chi connectivity index (χ4v) is 10.0. The van der Waals surface area contributed by atoms with Gasteiger partial charge < -0.3 is 15.2 Å². The second-order valence-corrected chi connectivity index (χ2v) is 13.6. The molecule has 2 aromatic rings. The lowest BCUT2D eigenvalue weighted by Gasteiger charge is -2.62. The minimum Gasteiger partial charge on any atom is -0.393 e. The van der Waals surface area contributed by atoms with E-state index in [0.29, 0.717) is 58.7 Å². The summed E-state index contributed by atoms with van der Waals surface area (Å²) in [4.78, 5) is 20.0. The summed E-state index contributed by atoms with van der Waals surface area (Å²) in [6.07, 6.45) is 9.76. The van der Waals surface area contributed by atoms with E-state index in [1.54, 1.807) is 6.07 Å². The first-order valence-electron chi connectivity index (χ1n) is 14.6. The molecule has 0 bridgehead atoms. The summed E-state index contributed by atoms with van der Waals surface area (Å²) < 4.78 is 13.6. The van der Waals surface area contributed by atoms with Crippen LogP contribution >= 0.6 is 0 Å². The highest BCUT2D eigenvalue weighted by atomic mass is 19.1. The third-order valence-electron chi connectivity index (χ3n) is 12.0. The number of rotatable bonds is 4. The SMILES string of the molecule is C[C@H](CCc1nc2ccc(F)cc2c(=O)[nH]1)[C@H]1CC[C@H]2[C@H]3C(CC[C@]12C)[C@@]1(C)CC[C@@H](O)C[C@H]1C[C@H]3O. The van der Waals surface area contributed by atoms with Gasteiger partial charge in [-0.2, -0.15) is 0 Å². The Labute approximate surface area is 219 Å². The largest absolute Gasteiger partial charge is 0.393 e. The van der Waals surface area contributed by atoms with Crippen LogP contribution in [0.2, 0.25) is 0 Å². The van der Waals surface area contributed by atoms with Crippen LogP contribution in [0.3, 0.4) is 0 Å². The Morgan fingerprint density at radius 1 is 1.08 bits per heavy atom. The van der Waals surface area contributed by atoms with Crippen LogP contribution < -0.4 is 5.56 Å². The van der Waals surface area contributed by atoms with Gasteiger partial charge in [-0.3, -0.25) is 4.79 Å². The van der Waals surface area contributed by atoms with E-state index in [9.17, 15) is 19.4 Å². The lowest BCUT2D eigenvalue weighted by Crippen LogP contribution is -2.58. The van der Waals surface area contributed by atoms with E-state index in [-0.39, 0.29) is 28.6 Å². The third-order valence-corrected chi connectivity index (χ3v) is 12.0. The van der Waals surface area contributed by atoms with Crippen LogP contribution in [0, 0.1) is 52.2 Å². The highest BCUT2D eigenvalue weighted by Crippen LogP contribution is 2.68. The second-order valence-electron chi connectivity index (χ2n) is 13.6. The molecule has 0 radical (unpaired) electrons. The van der Waals surface area contributed by atoms with E-state index in [1.807, 2.05) is 0 Å². The quantitative estimate of drug-likeness (QED) is 0.498. The van der Waals surface area contributed by atoms with Crippen LogP contribution in [0.1, 0.15) is 84.4 Å². The van der Waals surface area contributed by atoms with Gasteiger partial charge in [-0.15, -0.1) is 0 Å². The number of nitrogens with zero attached hydrogens (tertiary/aromatic N) is 1. The summed E-state index contributed by atoms with van der Waals surface area (Å²) in [5.74, 6) is 3.31. The predicted octanol–water partition coefficient (Wildman–Crippen LogP) is 5.62. The van der Waals surface area contributed by atoms with Gasteiger partial charge in [0.2, 0.25) is 0 Å². The summed E-state index contributed by atoms with van der Waals surface area (Å²) in [5.41, 5.74) is 0.768. The van der Waals surface area contributed by atoms with Gasteiger partial charge in [0, 0.05) is 6.42 Å². The minimum atomic E-state index is -0.423. The third kappa shape index (κ3) is 4.09. The fraction of sp³-hybridized carbons (Fsp3) is 0.742. The number of fused-ring (bicyclic) bond motifs is 6. The average Bonchev–Trinajstić information content (AvgIpc) is 3.21. The van der Waals surface area contributed by atoms with Crippen molar-refractivity contribution in [2.45, 2.75) is 97.2 Å². The number of hydrogen-bond donors (Lipinski definition) is 3. The Bertz CT molecular complexity index is 1230. The van der Waals surface area contributed by atoms with Crippen LogP contribution in [-0.4, -0.2) is 32.4 Å². The molecule has 4 aliphatic carbocycles. The molecule has 0 spiro atoms. The Kier molecular flexibility index (Phi) is 6.30. The van der Waals surface area contributed by atoms with E-state index >= 15 is 0 Å². The zero-order valence-corrected chi connectivity index (χ0v) is 22.5. The molecule has 0 aliphatic heterocycles. The molecule has 37 heavy (non-hydrogen) atoms. The number of benzene rings is 1. The van der Waals surface area contributed by atoms with Gasteiger partial charge in [-0.25, -0.2) is 9.37 Å². The highest BCUT2D eigenvalue weighted by Gasteiger charge is 2.62. The molecule has 0 amide bonds. The first kappa shape index (κ1) is 25.5. The van der Waals surface area contributed by atoms with E-state index in [1.165, 1.54) is 37.8 Å². The van der Waals surface area contributed by atoms with Crippen molar-refractivity contribution in [1.29, 1.82) is 0 Å². The summed E-state index contributed by atoms with van der Waals surface area (Å²) in [7, 11) is 0. The number of nitrogens with one attached hydrogen (secondary N) is 1. The van der Waals surface area contributed by atoms with Crippen molar-refractivity contribution in [3.8, 4) is 0 Å². The van der Waals surface area contributed by atoms with Gasteiger partial charge in [0.25, 0.3) is 5.56 Å². The molecular weight excluding hydrogens is 467 g/mol. The molecule has 6 rings (SSSR count). The van der Waals surface area contributed by atoms with Gasteiger partial charge in [0.05, 0.1) is 23.1 Å². The molecule has 1 unspecified atom stereocenters. The summed E-state index contributed by atoms with van der Waals surface area (Å²) in [6.45, 7) is 7.32. The predicted molar refractivity (Wildman–Crippen MR) is 142 cm³/mol. The number of H-pyrrole nitrogens is 1. The molecule has 1 heterocycles. The minimum absolute atomic E-state index is 0.194. The number of aryl methyl sites for hydroxylation is 1. The average molecular weight is 511 g/mol. The van der Waals surface area contributed by atoms with Gasteiger partial charge in [-0.05, 0) is 122 Å². The van der Waals surface area contributed by atoms with Crippen LogP contribution in [0.15, 0.2) is 23.0 Å². The Morgan fingerprint density at radius 2 is 1.84 bits per heavy atom. The van der Waals surface area contributed by atoms with Crippen molar-refractivity contribution >= 4 is 10.9 Å². The lowest BCUT2D eigenvalue weighted by molar-refractivity contribution is -0.174. The van der Waals surface area contributed by atoms with Crippen molar-refractivity contribution in [2.24, 2.45) is 46.3 Å². The van der Waals surface area contributed by atoms with Crippen molar-refractivity contribution in [1.82, 2.24) is 9.97 Å². The molecule has 10 atom stereocenters. The summed E-state index contributed by atoms with van der Waals surface area (Å²) >= 11 is 0. The number of aromatic nitrogens is 2. The number of aliphatic hydroxyl groups excluding tert-OH is 2. The Hall–Kier alpha value is -1.79. The molecular formula is C31H43FN2O3. The first-order chi connectivity index (χ1) is 17.6. The lowest BCUT2D eigenvalue weighted by atomic mass is 9.43. The van der Waals surface area contributed by atoms with Gasteiger partial charge in [0.1, 0.15) is 11.6 Å². The van der Waals surface area contributed by atoms with Gasteiger partial charge in [0.15, 0.2) is 0 Å². The maximum atomic E-state index is 13.6. The van der Waals surface area contributed by atoms with Crippen molar-refractivity contribution in [3.63, 3.8) is 0 Å². The molecule has 1 aromatic carbocycles. The normalized spacial score (nSPS) is 42.2. The van der Waals surface area contributed by atoms with Crippen molar-refractivity contribution in [2.75, 3.05) is 0 Å². The maximum Gasteiger partial charge on any atom is 0.258 e.